The van der Waals surface area contributed by atoms with Crippen LogP contribution in [0.15, 0.2) is 47.1 Å². The molecule has 0 amide bonds. The van der Waals surface area contributed by atoms with Crippen molar-refractivity contribution in [2.75, 3.05) is 5.32 Å². The van der Waals surface area contributed by atoms with E-state index in [4.69, 9.17) is 16.6 Å². The summed E-state index contributed by atoms with van der Waals surface area (Å²) in [6.07, 6.45) is 3.38. The number of rotatable bonds is 6. The highest BCUT2D eigenvalue weighted by Crippen LogP contribution is 2.15. The van der Waals surface area contributed by atoms with Crippen molar-refractivity contribution >= 4 is 28.7 Å². The molecule has 1 heterocycles. The van der Waals surface area contributed by atoms with Crippen LogP contribution in [-0.4, -0.2) is 16.1 Å². The van der Waals surface area contributed by atoms with Gasteiger partial charge >= 0.3 is 0 Å². The number of non-ortho nitro benzene ring substituents is 1. The summed E-state index contributed by atoms with van der Waals surface area (Å²) in [4.78, 5) is 10.2. The van der Waals surface area contributed by atoms with Crippen LogP contribution < -0.4 is 10.6 Å². The second-order valence-corrected chi connectivity index (χ2v) is 5.33. The Bertz CT molecular complexity index is 626. The first-order chi connectivity index (χ1) is 10.5. The highest BCUT2D eigenvalue weighted by atomic mass is 32.1. The molecule has 2 N–H and O–H groups in total. The Morgan fingerprint density at radius 1 is 1.36 bits per heavy atom. The Labute approximate surface area is 133 Å². The molecule has 6 nitrogen and oxygen atoms in total. The van der Waals surface area contributed by atoms with E-state index in [1.807, 2.05) is 19.1 Å². The normalized spacial score (nSPS) is 11.7. The second kappa shape index (κ2) is 7.56. The molecular weight excluding hydrogens is 302 g/mol. The van der Waals surface area contributed by atoms with Crippen molar-refractivity contribution in [2.24, 2.45) is 0 Å². The van der Waals surface area contributed by atoms with Crippen LogP contribution in [0.4, 0.5) is 11.4 Å². The summed E-state index contributed by atoms with van der Waals surface area (Å²) in [5.41, 5.74) is 0.762. The minimum atomic E-state index is -0.433. The van der Waals surface area contributed by atoms with E-state index in [2.05, 4.69) is 10.6 Å². The van der Waals surface area contributed by atoms with Crippen molar-refractivity contribution in [3.63, 3.8) is 0 Å². The quantitative estimate of drug-likeness (QED) is 0.482. The molecule has 1 aromatic carbocycles. The largest absolute Gasteiger partial charge is 0.469 e. The van der Waals surface area contributed by atoms with Crippen molar-refractivity contribution in [2.45, 2.75) is 25.8 Å². The molecule has 0 saturated carbocycles. The maximum Gasteiger partial charge on any atom is 0.269 e. The average Bonchev–Trinajstić information content (AvgIpc) is 2.99. The van der Waals surface area contributed by atoms with Gasteiger partial charge in [-0.15, -0.1) is 0 Å². The molecule has 0 aliphatic carbocycles. The zero-order chi connectivity index (χ0) is 15.9. The number of aryl methyl sites for hydroxylation is 1. The maximum absolute atomic E-state index is 10.6. The van der Waals surface area contributed by atoms with Crippen LogP contribution in [0.1, 0.15) is 19.1 Å². The topological polar surface area (TPSA) is 80.3 Å². The predicted octanol–water partition coefficient (Wildman–Crippen LogP) is 3.50. The molecule has 2 aromatic rings. The first-order valence-corrected chi connectivity index (χ1v) is 7.30. The Morgan fingerprint density at radius 2 is 2.09 bits per heavy atom. The van der Waals surface area contributed by atoms with Crippen molar-refractivity contribution in [3.8, 4) is 0 Å². The second-order valence-electron chi connectivity index (χ2n) is 4.92. The SMILES string of the molecule is C[C@H](CCc1ccco1)NC(=S)Nc1ccc([N+](=O)[O-])cc1. The van der Waals surface area contributed by atoms with E-state index in [1.165, 1.54) is 12.1 Å². The van der Waals surface area contributed by atoms with Crippen LogP contribution >= 0.6 is 12.2 Å². The number of furan rings is 1. The van der Waals surface area contributed by atoms with Crippen LogP contribution in [0.2, 0.25) is 0 Å². The number of benzene rings is 1. The Morgan fingerprint density at radius 3 is 2.68 bits per heavy atom. The monoisotopic (exact) mass is 319 g/mol. The highest BCUT2D eigenvalue weighted by molar-refractivity contribution is 7.80. The number of nitrogens with zero attached hydrogens (tertiary/aromatic N) is 1. The fraction of sp³-hybridized carbons (Fsp3) is 0.267. The van der Waals surface area contributed by atoms with E-state index in [0.29, 0.717) is 10.8 Å². The number of nitrogens with one attached hydrogen (secondary N) is 2. The standard InChI is InChI=1S/C15H17N3O3S/c1-11(4-9-14-3-2-10-21-14)16-15(22)17-12-5-7-13(8-6-12)18(19)20/h2-3,5-8,10-11H,4,9H2,1H3,(H2,16,17,22)/t11-/m1/s1. The van der Waals surface area contributed by atoms with E-state index >= 15 is 0 Å². The lowest BCUT2D eigenvalue weighted by Crippen LogP contribution is -2.36. The number of nitro benzene ring substituents is 1. The van der Waals surface area contributed by atoms with Crippen molar-refractivity contribution in [3.05, 3.63) is 58.5 Å². The predicted molar refractivity (Wildman–Crippen MR) is 88.9 cm³/mol. The fourth-order valence-electron chi connectivity index (χ4n) is 1.94. The third-order valence-electron chi connectivity index (χ3n) is 3.12. The van der Waals surface area contributed by atoms with Crippen LogP contribution in [0.5, 0.6) is 0 Å². The summed E-state index contributed by atoms with van der Waals surface area (Å²) in [6, 6.07) is 10.1. The lowest BCUT2D eigenvalue weighted by molar-refractivity contribution is -0.384. The van der Waals surface area contributed by atoms with Crippen LogP contribution in [-0.2, 0) is 6.42 Å². The first-order valence-electron chi connectivity index (χ1n) is 6.89. The van der Waals surface area contributed by atoms with Crippen molar-refractivity contribution < 1.29 is 9.34 Å². The summed E-state index contributed by atoms with van der Waals surface area (Å²) in [5, 5.41) is 17.3. The summed E-state index contributed by atoms with van der Waals surface area (Å²) < 4.78 is 5.28. The van der Waals surface area contributed by atoms with Gasteiger partial charge in [-0.2, -0.15) is 0 Å². The lowest BCUT2D eigenvalue weighted by Gasteiger charge is -2.16. The minimum absolute atomic E-state index is 0.0521. The van der Waals surface area contributed by atoms with Crippen molar-refractivity contribution in [1.82, 2.24) is 5.32 Å². The van der Waals surface area contributed by atoms with Gasteiger partial charge < -0.3 is 15.1 Å². The number of nitro groups is 1. The molecule has 0 saturated heterocycles. The molecule has 0 spiro atoms. The third-order valence-corrected chi connectivity index (χ3v) is 3.34. The van der Waals surface area contributed by atoms with Gasteiger partial charge in [0.25, 0.3) is 5.69 Å². The molecule has 0 fully saturated rings. The summed E-state index contributed by atoms with van der Waals surface area (Å²) in [6.45, 7) is 2.03. The Kier molecular flexibility index (Phi) is 5.48. The smallest absolute Gasteiger partial charge is 0.269 e. The van der Waals surface area contributed by atoms with Crippen LogP contribution in [0.3, 0.4) is 0 Å². The molecule has 116 valence electrons. The molecule has 1 aromatic heterocycles. The summed E-state index contributed by atoms with van der Waals surface area (Å²) in [5.74, 6) is 0.947. The molecule has 0 unspecified atom stereocenters. The molecule has 1 atom stereocenters. The van der Waals surface area contributed by atoms with Gasteiger partial charge in [-0.05, 0) is 49.8 Å². The Balaban J connectivity index is 1.78. The van der Waals surface area contributed by atoms with Gasteiger partial charge in [0, 0.05) is 30.3 Å². The van der Waals surface area contributed by atoms with Crippen molar-refractivity contribution in [1.29, 1.82) is 0 Å². The van der Waals surface area contributed by atoms with Gasteiger partial charge in [0.2, 0.25) is 0 Å². The van der Waals surface area contributed by atoms with E-state index < -0.39 is 4.92 Å². The van der Waals surface area contributed by atoms with Gasteiger partial charge in [0.1, 0.15) is 5.76 Å². The molecule has 0 aliphatic heterocycles. The summed E-state index contributed by atoms with van der Waals surface area (Å²) in [7, 11) is 0. The minimum Gasteiger partial charge on any atom is -0.469 e. The van der Waals surface area contributed by atoms with E-state index in [0.717, 1.165) is 18.6 Å². The molecule has 0 radical (unpaired) electrons. The number of hydrogen-bond donors (Lipinski definition) is 2. The zero-order valence-electron chi connectivity index (χ0n) is 12.1. The molecule has 0 aliphatic rings. The van der Waals surface area contributed by atoms with Crippen LogP contribution in [0, 0.1) is 10.1 Å². The van der Waals surface area contributed by atoms with Gasteiger partial charge in [-0.25, -0.2) is 0 Å². The molecule has 7 heteroatoms. The van der Waals surface area contributed by atoms with Gasteiger partial charge in [0.05, 0.1) is 11.2 Å². The van der Waals surface area contributed by atoms with Gasteiger partial charge in [-0.3, -0.25) is 10.1 Å². The first kappa shape index (κ1) is 16.0. The maximum atomic E-state index is 10.6. The zero-order valence-corrected chi connectivity index (χ0v) is 12.9. The lowest BCUT2D eigenvalue weighted by atomic mass is 10.1. The average molecular weight is 319 g/mol. The van der Waals surface area contributed by atoms with E-state index in [9.17, 15) is 10.1 Å². The fourth-order valence-corrected chi connectivity index (χ4v) is 2.26. The molecule has 0 bridgehead atoms. The van der Waals surface area contributed by atoms with Crippen LogP contribution in [0.25, 0.3) is 0 Å². The number of thiocarbonyl (C=S) groups is 1. The number of hydrogen-bond acceptors (Lipinski definition) is 4. The number of anilines is 1. The van der Waals surface area contributed by atoms with Gasteiger partial charge in [-0.1, -0.05) is 0 Å². The molecular formula is C15H17N3O3S. The molecule has 2 rings (SSSR count). The van der Waals surface area contributed by atoms with Gasteiger partial charge in [0.15, 0.2) is 5.11 Å². The molecule has 22 heavy (non-hydrogen) atoms. The third kappa shape index (κ3) is 4.85. The highest BCUT2D eigenvalue weighted by Gasteiger charge is 2.08. The van der Waals surface area contributed by atoms with E-state index in [-0.39, 0.29) is 11.7 Å². The summed E-state index contributed by atoms with van der Waals surface area (Å²) >= 11 is 5.23. The van der Waals surface area contributed by atoms with E-state index in [1.54, 1.807) is 18.4 Å². The Hall–Kier alpha value is -2.41.